The molecule has 0 saturated carbocycles. The zero-order valence-electron chi connectivity index (χ0n) is 13.5. The normalized spacial score (nSPS) is 15.0. The number of aromatic nitrogens is 1. The first kappa shape index (κ1) is 14.1. The van der Waals surface area contributed by atoms with E-state index in [1.807, 2.05) is 42.5 Å². The van der Waals surface area contributed by atoms with Gasteiger partial charge < -0.3 is 4.79 Å². The summed E-state index contributed by atoms with van der Waals surface area (Å²) in [5.74, 6) is -0.188. The topological polar surface area (TPSA) is 30.0 Å². The fourth-order valence-electron chi connectivity index (χ4n) is 3.87. The molecule has 2 heteroatoms. The molecule has 0 aliphatic heterocycles. The predicted octanol–water partition coefficient (Wildman–Crippen LogP) is 5.21. The number of aldehydes is 1. The molecule has 0 N–H and O–H groups in total. The molecule has 2 nitrogen and oxygen atoms in total. The van der Waals surface area contributed by atoms with Crippen LogP contribution in [0, 0.1) is 0 Å². The Bertz CT molecular complexity index is 1130. The number of benzene rings is 3. The van der Waals surface area contributed by atoms with E-state index in [-0.39, 0.29) is 5.92 Å². The van der Waals surface area contributed by atoms with Gasteiger partial charge in [0.1, 0.15) is 6.29 Å². The SMILES string of the molecule is O=CC1c2ccccc2-c2c(-c3ccc4ccccc4n3)cccc21. The molecule has 0 saturated heterocycles. The van der Waals surface area contributed by atoms with Crippen LogP contribution in [0.4, 0.5) is 0 Å². The Kier molecular flexibility index (Phi) is 3.04. The average Bonchev–Trinajstić information content (AvgIpc) is 3.01. The molecule has 4 aromatic rings. The molecule has 0 amide bonds. The van der Waals surface area contributed by atoms with Gasteiger partial charge in [-0.3, -0.25) is 0 Å². The fraction of sp³-hybridized carbons (Fsp3) is 0.0435. The van der Waals surface area contributed by atoms with Gasteiger partial charge in [-0.15, -0.1) is 0 Å². The van der Waals surface area contributed by atoms with Crippen LogP contribution in [0.3, 0.4) is 0 Å². The van der Waals surface area contributed by atoms with Crippen LogP contribution in [0.2, 0.25) is 0 Å². The van der Waals surface area contributed by atoms with Crippen LogP contribution < -0.4 is 0 Å². The van der Waals surface area contributed by atoms with Crippen molar-refractivity contribution in [3.63, 3.8) is 0 Å². The third-order valence-electron chi connectivity index (χ3n) is 5.01. The van der Waals surface area contributed by atoms with Gasteiger partial charge in [-0.1, -0.05) is 66.7 Å². The first-order valence-electron chi connectivity index (χ1n) is 8.40. The Morgan fingerprint density at radius 1 is 0.720 bits per heavy atom. The van der Waals surface area contributed by atoms with Gasteiger partial charge in [-0.25, -0.2) is 4.98 Å². The summed E-state index contributed by atoms with van der Waals surface area (Å²) in [7, 11) is 0. The van der Waals surface area contributed by atoms with Crippen LogP contribution in [-0.2, 0) is 4.79 Å². The maximum Gasteiger partial charge on any atom is 0.131 e. The van der Waals surface area contributed by atoms with Crippen molar-refractivity contribution in [2.45, 2.75) is 5.92 Å². The first-order valence-corrected chi connectivity index (χ1v) is 8.40. The van der Waals surface area contributed by atoms with Gasteiger partial charge in [0.25, 0.3) is 0 Å². The van der Waals surface area contributed by atoms with Gasteiger partial charge in [-0.2, -0.15) is 0 Å². The minimum Gasteiger partial charge on any atom is -0.302 e. The lowest BCUT2D eigenvalue weighted by Crippen LogP contribution is -1.97. The molecule has 0 bridgehead atoms. The molecular weight excluding hydrogens is 306 g/mol. The number of carbonyl (C=O) groups excluding carboxylic acids is 1. The van der Waals surface area contributed by atoms with Crippen molar-refractivity contribution in [3.8, 4) is 22.4 Å². The van der Waals surface area contributed by atoms with E-state index in [4.69, 9.17) is 4.98 Å². The monoisotopic (exact) mass is 321 g/mol. The van der Waals surface area contributed by atoms with E-state index < -0.39 is 0 Å². The maximum atomic E-state index is 11.7. The van der Waals surface area contributed by atoms with Crippen LogP contribution >= 0.6 is 0 Å². The summed E-state index contributed by atoms with van der Waals surface area (Å²) in [6.45, 7) is 0. The van der Waals surface area contributed by atoms with Gasteiger partial charge >= 0.3 is 0 Å². The van der Waals surface area contributed by atoms with Gasteiger partial charge in [0.15, 0.2) is 0 Å². The lowest BCUT2D eigenvalue weighted by atomic mass is 9.95. The number of carbonyl (C=O) groups is 1. The highest BCUT2D eigenvalue weighted by atomic mass is 16.1. The van der Waals surface area contributed by atoms with E-state index in [0.29, 0.717) is 0 Å². The van der Waals surface area contributed by atoms with Crippen molar-refractivity contribution < 1.29 is 4.79 Å². The number of pyridine rings is 1. The number of hydrogen-bond donors (Lipinski definition) is 0. The van der Waals surface area contributed by atoms with Crippen LogP contribution in [0.25, 0.3) is 33.3 Å². The van der Waals surface area contributed by atoms with Gasteiger partial charge in [-0.05, 0) is 34.4 Å². The summed E-state index contributed by atoms with van der Waals surface area (Å²) < 4.78 is 0. The minimum atomic E-state index is -0.188. The number of fused-ring (bicyclic) bond motifs is 4. The van der Waals surface area contributed by atoms with Crippen molar-refractivity contribution >= 4 is 17.2 Å². The van der Waals surface area contributed by atoms with Crippen molar-refractivity contribution in [2.75, 3.05) is 0 Å². The van der Waals surface area contributed by atoms with E-state index in [0.717, 1.165) is 50.7 Å². The van der Waals surface area contributed by atoms with Crippen LogP contribution in [0.1, 0.15) is 17.0 Å². The largest absolute Gasteiger partial charge is 0.302 e. The van der Waals surface area contributed by atoms with Crippen molar-refractivity contribution in [1.82, 2.24) is 4.98 Å². The highest BCUT2D eigenvalue weighted by Gasteiger charge is 2.30. The van der Waals surface area contributed by atoms with E-state index >= 15 is 0 Å². The highest BCUT2D eigenvalue weighted by Crippen LogP contribution is 2.47. The van der Waals surface area contributed by atoms with Crippen molar-refractivity contribution in [2.24, 2.45) is 0 Å². The standard InChI is InChI=1S/C23H15NO/c25-14-20-16-7-2-3-8-17(16)23-18(20)9-5-10-19(23)22-13-12-15-6-1-4-11-21(15)24-22/h1-14,20H. The number of nitrogens with zero attached hydrogens (tertiary/aromatic N) is 1. The molecule has 1 aromatic heterocycles. The third kappa shape index (κ3) is 2.04. The highest BCUT2D eigenvalue weighted by molar-refractivity contribution is 5.96. The number of hydrogen-bond acceptors (Lipinski definition) is 2. The Labute approximate surface area is 145 Å². The van der Waals surface area contributed by atoms with E-state index in [2.05, 4.69) is 36.4 Å². The zero-order chi connectivity index (χ0) is 16.8. The molecule has 1 aliphatic rings. The quantitative estimate of drug-likeness (QED) is 0.474. The number of rotatable bonds is 2. The lowest BCUT2D eigenvalue weighted by Gasteiger charge is -2.10. The molecule has 1 heterocycles. The summed E-state index contributed by atoms with van der Waals surface area (Å²) in [4.78, 5) is 16.6. The van der Waals surface area contributed by atoms with Crippen LogP contribution in [0.15, 0.2) is 78.9 Å². The predicted molar refractivity (Wildman–Crippen MR) is 101 cm³/mol. The second-order valence-corrected chi connectivity index (χ2v) is 6.36. The zero-order valence-corrected chi connectivity index (χ0v) is 13.5. The maximum absolute atomic E-state index is 11.7. The first-order chi connectivity index (χ1) is 12.4. The summed E-state index contributed by atoms with van der Waals surface area (Å²) in [5.41, 5.74) is 7.44. The molecule has 25 heavy (non-hydrogen) atoms. The molecule has 1 aliphatic carbocycles. The van der Waals surface area contributed by atoms with Crippen molar-refractivity contribution in [1.29, 1.82) is 0 Å². The molecule has 5 rings (SSSR count). The molecule has 118 valence electrons. The molecule has 0 fully saturated rings. The molecule has 3 aromatic carbocycles. The minimum absolute atomic E-state index is 0.188. The van der Waals surface area contributed by atoms with Crippen molar-refractivity contribution in [3.05, 3.63) is 90.0 Å². The fourth-order valence-corrected chi connectivity index (χ4v) is 3.87. The molecule has 1 unspecified atom stereocenters. The summed E-state index contributed by atoms with van der Waals surface area (Å²) in [6, 6.07) is 26.6. The Morgan fingerprint density at radius 2 is 1.48 bits per heavy atom. The van der Waals surface area contributed by atoms with E-state index in [9.17, 15) is 4.79 Å². The van der Waals surface area contributed by atoms with Gasteiger partial charge in [0.05, 0.1) is 17.1 Å². The van der Waals surface area contributed by atoms with Crippen LogP contribution in [0.5, 0.6) is 0 Å². The Hall–Kier alpha value is -3.26. The summed E-state index contributed by atoms with van der Waals surface area (Å²) >= 11 is 0. The van der Waals surface area contributed by atoms with Gasteiger partial charge in [0, 0.05) is 10.9 Å². The molecular formula is C23H15NO. The smallest absolute Gasteiger partial charge is 0.131 e. The summed E-state index contributed by atoms with van der Waals surface area (Å²) in [5, 5.41) is 1.13. The van der Waals surface area contributed by atoms with Gasteiger partial charge in [0.2, 0.25) is 0 Å². The van der Waals surface area contributed by atoms with Crippen LogP contribution in [-0.4, -0.2) is 11.3 Å². The molecule has 0 spiro atoms. The molecule has 1 atom stereocenters. The van der Waals surface area contributed by atoms with E-state index in [1.54, 1.807) is 0 Å². The third-order valence-corrected chi connectivity index (χ3v) is 5.01. The molecule has 0 radical (unpaired) electrons. The summed E-state index contributed by atoms with van der Waals surface area (Å²) in [6.07, 6.45) is 1.04. The van der Waals surface area contributed by atoms with E-state index in [1.165, 1.54) is 0 Å². The Morgan fingerprint density at radius 3 is 2.40 bits per heavy atom. The Balaban J connectivity index is 1.80. The second-order valence-electron chi connectivity index (χ2n) is 6.36. The number of para-hydroxylation sites is 1. The second kappa shape index (κ2) is 5.38. The average molecular weight is 321 g/mol. The lowest BCUT2D eigenvalue weighted by molar-refractivity contribution is -0.108.